The largest absolute Gasteiger partial charge is 0.395 e. The van der Waals surface area contributed by atoms with E-state index in [4.69, 9.17) is 27.9 Å². The number of allylic oxidation sites excluding steroid dienone is 3. The van der Waals surface area contributed by atoms with Crippen LogP contribution in [0.5, 0.6) is 0 Å². The Morgan fingerprint density at radius 2 is 2.06 bits per heavy atom. The minimum atomic E-state index is -1.12. The first-order chi connectivity index (χ1) is 15.5. The van der Waals surface area contributed by atoms with Gasteiger partial charge in [0.15, 0.2) is 0 Å². The number of rotatable bonds is 4. The van der Waals surface area contributed by atoms with Crippen molar-refractivity contribution >= 4 is 34.8 Å². The minimum absolute atomic E-state index is 0.107. The lowest BCUT2D eigenvalue weighted by molar-refractivity contribution is -0.129. The SMILES string of the molecule is O=C1Nc2cc(Cl)ccc2[C@@]12[C@@H](C1=CCCC(Cl)=C1F)C[C@H](CO)N2CC1CCOCC1. The van der Waals surface area contributed by atoms with Crippen LogP contribution < -0.4 is 5.32 Å². The van der Waals surface area contributed by atoms with E-state index >= 15 is 4.39 Å². The summed E-state index contributed by atoms with van der Waals surface area (Å²) in [7, 11) is 0. The number of ether oxygens (including phenoxy) is 1. The van der Waals surface area contributed by atoms with Crippen molar-refractivity contribution in [1.82, 2.24) is 4.90 Å². The van der Waals surface area contributed by atoms with Crippen LogP contribution in [0.1, 0.15) is 37.7 Å². The molecule has 1 amide bonds. The van der Waals surface area contributed by atoms with E-state index in [0.29, 0.717) is 61.2 Å². The van der Waals surface area contributed by atoms with Gasteiger partial charge in [0.05, 0.1) is 11.6 Å². The van der Waals surface area contributed by atoms with Gasteiger partial charge in [0, 0.05) is 48.0 Å². The quantitative estimate of drug-likeness (QED) is 0.653. The smallest absolute Gasteiger partial charge is 0.250 e. The molecule has 1 aromatic rings. The predicted molar refractivity (Wildman–Crippen MR) is 122 cm³/mol. The fraction of sp³-hybridized carbons (Fsp3) is 0.542. The summed E-state index contributed by atoms with van der Waals surface area (Å²) in [5.41, 5.74) is 0.793. The van der Waals surface area contributed by atoms with Gasteiger partial charge in [0.2, 0.25) is 5.91 Å². The fourth-order valence-corrected chi connectivity index (χ4v) is 6.40. The molecule has 2 N–H and O–H groups in total. The molecule has 172 valence electrons. The average Bonchev–Trinajstić information content (AvgIpc) is 3.26. The number of nitrogens with one attached hydrogen (secondary N) is 1. The Bertz CT molecular complexity index is 991. The minimum Gasteiger partial charge on any atom is -0.395 e. The molecule has 3 heterocycles. The van der Waals surface area contributed by atoms with E-state index < -0.39 is 17.3 Å². The van der Waals surface area contributed by atoms with Gasteiger partial charge in [-0.2, -0.15) is 0 Å². The second-order valence-corrected chi connectivity index (χ2v) is 10.1. The maximum absolute atomic E-state index is 15.3. The van der Waals surface area contributed by atoms with Gasteiger partial charge in [-0.3, -0.25) is 9.69 Å². The van der Waals surface area contributed by atoms with Crippen molar-refractivity contribution in [2.24, 2.45) is 11.8 Å². The number of nitrogens with zero attached hydrogens (tertiary/aromatic N) is 1. The molecule has 4 aliphatic rings. The molecule has 0 bridgehead atoms. The van der Waals surface area contributed by atoms with E-state index in [2.05, 4.69) is 10.2 Å². The summed E-state index contributed by atoms with van der Waals surface area (Å²) in [6.07, 6.45) is 5.23. The zero-order chi connectivity index (χ0) is 22.5. The van der Waals surface area contributed by atoms with Crippen molar-refractivity contribution in [3.05, 3.63) is 51.3 Å². The highest BCUT2D eigenvalue weighted by Crippen LogP contribution is 2.57. The molecule has 0 unspecified atom stereocenters. The Kier molecular flexibility index (Phi) is 6.10. The Balaban J connectivity index is 1.66. The molecule has 32 heavy (non-hydrogen) atoms. The molecule has 2 saturated heterocycles. The number of amides is 1. The lowest BCUT2D eigenvalue weighted by Gasteiger charge is -2.42. The monoisotopic (exact) mass is 480 g/mol. The van der Waals surface area contributed by atoms with E-state index in [1.807, 2.05) is 12.1 Å². The van der Waals surface area contributed by atoms with Gasteiger partial charge in [-0.05, 0) is 55.7 Å². The van der Waals surface area contributed by atoms with Crippen LogP contribution in [-0.4, -0.2) is 48.3 Å². The molecular weight excluding hydrogens is 454 g/mol. The Morgan fingerprint density at radius 3 is 2.81 bits per heavy atom. The van der Waals surface area contributed by atoms with E-state index in [9.17, 15) is 9.90 Å². The van der Waals surface area contributed by atoms with Crippen LogP contribution in [0.4, 0.5) is 10.1 Å². The van der Waals surface area contributed by atoms with Crippen molar-refractivity contribution in [2.45, 2.75) is 43.7 Å². The Labute approximate surface area is 197 Å². The summed E-state index contributed by atoms with van der Waals surface area (Å²) in [6, 6.07) is 5.11. The van der Waals surface area contributed by atoms with Crippen LogP contribution in [0.3, 0.4) is 0 Å². The summed E-state index contributed by atoms with van der Waals surface area (Å²) in [5.74, 6) is -0.752. The number of carbonyl (C=O) groups excluding carboxylic acids is 1. The zero-order valence-electron chi connectivity index (χ0n) is 17.8. The topological polar surface area (TPSA) is 61.8 Å². The van der Waals surface area contributed by atoms with E-state index in [1.165, 1.54) is 0 Å². The summed E-state index contributed by atoms with van der Waals surface area (Å²) < 4.78 is 20.9. The first-order valence-corrected chi connectivity index (χ1v) is 12.0. The van der Waals surface area contributed by atoms with Gasteiger partial charge >= 0.3 is 0 Å². The molecule has 0 radical (unpaired) electrons. The number of hydrogen-bond donors (Lipinski definition) is 2. The molecule has 5 nitrogen and oxygen atoms in total. The summed E-state index contributed by atoms with van der Waals surface area (Å²) in [4.78, 5) is 15.9. The molecule has 3 atom stereocenters. The van der Waals surface area contributed by atoms with Crippen molar-refractivity contribution in [1.29, 1.82) is 0 Å². The molecule has 5 rings (SSSR count). The van der Waals surface area contributed by atoms with Crippen molar-refractivity contribution in [2.75, 3.05) is 31.7 Å². The Morgan fingerprint density at radius 1 is 1.28 bits per heavy atom. The van der Waals surface area contributed by atoms with Gasteiger partial charge in [0.1, 0.15) is 11.4 Å². The maximum Gasteiger partial charge on any atom is 0.250 e. The number of anilines is 1. The van der Waals surface area contributed by atoms with Crippen molar-refractivity contribution in [3.63, 3.8) is 0 Å². The molecule has 0 saturated carbocycles. The van der Waals surface area contributed by atoms with Crippen LogP contribution >= 0.6 is 23.2 Å². The standard InChI is InChI=1S/C24H27Cl2FN2O3/c25-15-4-5-18-21(10-15)28-23(31)24(18)19(17-2-1-3-20(26)22(17)27)11-16(13-30)29(24)12-14-6-8-32-9-7-14/h2,4-5,10,14,16,19,30H,1,3,6-9,11-13H2,(H,28,31)/t16-,19-,24-/m1/s1. The van der Waals surface area contributed by atoms with Crippen LogP contribution in [0.25, 0.3) is 0 Å². The summed E-state index contributed by atoms with van der Waals surface area (Å²) in [6.45, 7) is 1.90. The molecule has 0 aromatic heterocycles. The number of hydrogen-bond acceptors (Lipinski definition) is 4. The third-order valence-electron chi connectivity index (χ3n) is 7.49. The number of aliphatic hydroxyl groups is 1. The number of fused-ring (bicyclic) bond motifs is 2. The highest BCUT2D eigenvalue weighted by atomic mass is 35.5. The van der Waals surface area contributed by atoms with Gasteiger partial charge in [-0.25, -0.2) is 4.39 Å². The third-order valence-corrected chi connectivity index (χ3v) is 8.08. The van der Waals surface area contributed by atoms with Crippen molar-refractivity contribution in [3.8, 4) is 0 Å². The average molecular weight is 481 g/mol. The second-order valence-electron chi connectivity index (χ2n) is 9.16. The normalized spacial score (nSPS) is 31.2. The number of benzene rings is 1. The first kappa shape index (κ1) is 22.4. The van der Waals surface area contributed by atoms with Gasteiger partial charge in [-0.15, -0.1) is 0 Å². The predicted octanol–water partition coefficient (Wildman–Crippen LogP) is 4.74. The highest BCUT2D eigenvalue weighted by molar-refractivity contribution is 6.31. The number of carbonyl (C=O) groups is 1. The van der Waals surface area contributed by atoms with Crippen LogP contribution in [0, 0.1) is 11.8 Å². The third kappa shape index (κ3) is 3.43. The molecular formula is C24H27Cl2FN2O3. The van der Waals surface area contributed by atoms with Crippen LogP contribution in [0.2, 0.25) is 5.02 Å². The summed E-state index contributed by atoms with van der Waals surface area (Å²) in [5, 5.41) is 14.1. The Hall–Kier alpha value is -1.44. The fourth-order valence-electron chi connectivity index (χ4n) is 6.01. The molecule has 8 heteroatoms. The zero-order valence-corrected chi connectivity index (χ0v) is 19.3. The molecule has 2 fully saturated rings. The van der Waals surface area contributed by atoms with E-state index in [0.717, 1.165) is 18.4 Å². The van der Waals surface area contributed by atoms with E-state index in [1.54, 1.807) is 12.1 Å². The van der Waals surface area contributed by atoms with E-state index in [-0.39, 0.29) is 23.6 Å². The lowest BCUT2D eigenvalue weighted by atomic mass is 9.73. The van der Waals surface area contributed by atoms with Crippen LogP contribution in [-0.2, 0) is 15.1 Å². The highest BCUT2D eigenvalue weighted by Gasteiger charge is 2.63. The number of halogens is 3. The molecule has 1 spiro atoms. The summed E-state index contributed by atoms with van der Waals surface area (Å²) >= 11 is 12.5. The molecule has 1 aliphatic carbocycles. The number of likely N-dealkylation sites (tertiary alicyclic amines) is 1. The molecule has 3 aliphatic heterocycles. The van der Waals surface area contributed by atoms with Gasteiger partial charge < -0.3 is 15.2 Å². The van der Waals surface area contributed by atoms with Crippen molar-refractivity contribution < 1.29 is 19.0 Å². The van der Waals surface area contributed by atoms with Gasteiger partial charge in [-0.1, -0.05) is 35.3 Å². The molecule has 1 aromatic carbocycles. The van der Waals surface area contributed by atoms with Crippen LogP contribution in [0.15, 0.2) is 40.7 Å². The van der Waals surface area contributed by atoms with Gasteiger partial charge in [0.25, 0.3) is 0 Å². The number of aliphatic hydroxyl groups excluding tert-OH is 1. The lowest BCUT2D eigenvalue weighted by Crippen LogP contribution is -2.55. The maximum atomic E-state index is 15.3. The second kappa shape index (κ2) is 8.73. The first-order valence-electron chi connectivity index (χ1n) is 11.3.